The second-order valence-corrected chi connectivity index (χ2v) is 9.16. The van der Waals surface area contributed by atoms with Crippen LogP contribution < -0.4 is 5.32 Å². The van der Waals surface area contributed by atoms with E-state index in [0.29, 0.717) is 23.9 Å². The van der Waals surface area contributed by atoms with Gasteiger partial charge in [-0.25, -0.2) is 4.98 Å². The Kier molecular flexibility index (Phi) is 4.32. The van der Waals surface area contributed by atoms with Gasteiger partial charge in [0.15, 0.2) is 0 Å². The molecule has 148 valence electrons. The van der Waals surface area contributed by atoms with Crippen LogP contribution in [0.15, 0.2) is 12.4 Å². The lowest BCUT2D eigenvalue weighted by Gasteiger charge is -2.31. The zero-order valence-electron chi connectivity index (χ0n) is 16.5. The predicted octanol–water partition coefficient (Wildman–Crippen LogP) is 2.19. The van der Waals surface area contributed by atoms with Crippen molar-refractivity contribution < 1.29 is 9.53 Å². The van der Waals surface area contributed by atoms with E-state index in [1.54, 1.807) is 0 Å². The third-order valence-electron chi connectivity index (χ3n) is 7.84. The summed E-state index contributed by atoms with van der Waals surface area (Å²) in [6.45, 7) is 7.54. The molecule has 0 bridgehead atoms. The first-order chi connectivity index (χ1) is 13.2. The summed E-state index contributed by atoms with van der Waals surface area (Å²) in [7, 11) is 0. The molecule has 6 heteroatoms. The van der Waals surface area contributed by atoms with Crippen molar-refractivity contribution in [1.82, 2.24) is 19.8 Å². The Bertz CT molecular complexity index is 703. The zero-order chi connectivity index (χ0) is 18.5. The van der Waals surface area contributed by atoms with Crippen molar-refractivity contribution in [3.63, 3.8) is 0 Å². The Hall–Kier alpha value is -1.40. The number of hydrogen-bond donors (Lipinski definition) is 1. The van der Waals surface area contributed by atoms with E-state index in [1.807, 2.05) is 12.4 Å². The molecule has 6 nitrogen and oxygen atoms in total. The van der Waals surface area contributed by atoms with Crippen LogP contribution in [0.2, 0.25) is 0 Å². The van der Waals surface area contributed by atoms with Crippen LogP contribution in [0.5, 0.6) is 0 Å². The summed E-state index contributed by atoms with van der Waals surface area (Å²) in [4.78, 5) is 20.4. The molecule has 2 spiro atoms. The van der Waals surface area contributed by atoms with E-state index in [2.05, 4.69) is 26.7 Å². The molecule has 2 aliphatic heterocycles. The largest absolute Gasteiger partial charge is 0.381 e. The lowest BCUT2D eigenvalue weighted by atomic mass is 9.92. The van der Waals surface area contributed by atoms with Crippen molar-refractivity contribution >= 4 is 5.91 Å². The molecule has 27 heavy (non-hydrogen) atoms. The summed E-state index contributed by atoms with van der Waals surface area (Å²) in [6.07, 6.45) is 10.7. The topological polar surface area (TPSA) is 59.4 Å². The standard InChI is InChI=1S/C21H32N4O2/c1-2-24-10-9-23-18(24)15-25(17-14-21(17)3-7-22-8-4-21)19(26)16-13-20(16)5-11-27-12-6-20/h9-10,16-17,22H,2-8,11-15H2,1H3/t16-,17-/m1/s1. The number of ether oxygens (including phenoxy) is 1. The van der Waals surface area contributed by atoms with E-state index in [-0.39, 0.29) is 11.3 Å². The van der Waals surface area contributed by atoms with E-state index < -0.39 is 0 Å². The zero-order valence-corrected chi connectivity index (χ0v) is 16.5. The highest BCUT2D eigenvalue weighted by Gasteiger charge is 2.63. The second-order valence-electron chi connectivity index (χ2n) is 9.16. The SMILES string of the molecule is CCn1ccnc1CN(C(=O)[C@H]1CC12CCOCC2)[C@@H]1CC12CCNCC2. The molecular formula is C21H32N4O2. The van der Waals surface area contributed by atoms with E-state index in [0.717, 1.165) is 57.9 Å². The Labute approximate surface area is 161 Å². The number of nitrogens with one attached hydrogen (secondary N) is 1. The summed E-state index contributed by atoms with van der Waals surface area (Å²) in [6, 6.07) is 0.409. The van der Waals surface area contributed by atoms with Gasteiger partial charge in [0.2, 0.25) is 5.91 Å². The van der Waals surface area contributed by atoms with Crippen LogP contribution in [-0.2, 0) is 22.6 Å². The number of hydrogen-bond acceptors (Lipinski definition) is 4. The number of piperidine rings is 1. The van der Waals surface area contributed by atoms with E-state index in [1.165, 1.54) is 19.3 Å². The van der Waals surface area contributed by atoms with Crippen LogP contribution in [0.1, 0.15) is 51.3 Å². The molecule has 4 fully saturated rings. The number of carbonyl (C=O) groups excluding carboxylic acids is 1. The third-order valence-corrected chi connectivity index (χ3v) is 7.84. The minimum atomic E-state index is 0.214. The van der Waals surface area contributed by atoms with Gasteiger partial charge in [-0.3, -0.25) is 4.79 Å². The molecule has 5 rings (SSSR count). The molecule has 1 amide bonds. The van der Waals surface area contributed by atoms with Crippen LogP contribution in [0.4, 0.5) is 0 Å². The van der Waals surface area contributed by atoms with Crippen LogP contribution in [0, 0.1) is 16.7 Å². The van der Waals surface area contributed by atoms with Crippen molar-refractivity contribution in [2.75, 3.05) is 26.3 Å². The van der Waals surface area contributed by atoms with E-state index >= 15 is 0 Å². The van der Waals surface area contributed by atoms with Gasteiger partial charge >= 0.3 is 0 Å². The van der Waals surface area contributed by atoms with Crippen molar-refractivity contribution in [1.29, 1.82) is 0 Å². The molecule has 1 aromatic heterocycles. The molecule has 2 saturated carbocycles. The number of carbonyl (C=O) groups is 1. The van der Waals surface area contributed by atoms with Crippen molar-refractivity contribution in [2.45, 2.75) is 64.6 Å². The molecule has 0 radical (unpaired) electrons. The molecular weight excluding hydrogens is 340 g/mol. The maximum absolute atomic E-state index is 13.6. The number of nitrogens with zero attached hydrogens (tertiary/aromatic N) is 3. The Balaban J connectivity index is 1.36. The van der Waals surface area contributed by atoms with Crippen molar-refractivity contribution in [3.8, 4) is 0 Å². The highest BCUT2D eigenvalue weighted by atomic mass is 16.5. The summed E-state index contributed by atoms with van der Waals surface area (Å²) >= 11 is 0. The highest BCUT2D eigenvalue weighted by molar-refractivity contribution is 5.83. The van der Waals surface area contributed by atoms with Gasteiger partial charge in [0, 0.05) is 44.1 Å². The monoisotopic (exact) mass is 372 g/mol. The fourth-order valence-corrected chi connectivity index (χ4v) is 5.73. The molecule has 0 unspecified atom stereocenters. The molecule has 1 aromatic rings. The maximum Gasteiger partial charge on any atom is 0.226 e. The van der Waals surface area contributed by atoms with Gasteiger partial charge in [-0.2, -0.15) is 0 Å². The quantitative estimate of drug-likeness (QED) is 0.861. The molecule has 1 N–H and O–H groups in total. The summed E-state index contributed by atoms with van der Waals surface area (Å²) in [5.74, 6) is 1.64. The lowest BCUT2D eigenvalue weighted by Crippen LogP contribution is -2.41. The minimum Gasteiger partial charge on any atom is -0.381 e. The first-order valence-electron chi connectivity index (χ1n) is 10.8. The molecule has 4 aliphatic rings. The summed E-state index contributed by atoms with van der Waals surface area (Å²) in [5, 5.41) is 3.48. The number of amides is 1. The van der Waals surface area contributed by atoms with Gasteiger partial charge in [0.1, 0.15) is 5.82 Å². The molecule has 2 atom stereocenters. The normalized spacial score (nSPS) is 30.4. The first kappa shape index (κ1) is 17.7. The predicted molar refractivity (Wildman–Crippen MR) is 102 cm³/mol. The van der Waals surface area contributed by atoms with Crippen LogP contribution >= 0.6 is 0 Å². The number of rotatable bonds is 5. The summed E-state index contributed by atoms with van der Waals surface area (Å²) < 4.78 is 7.73. The molecule has 2 saturated heterocycles. The Morgan fingerprint density at radius 2 is 2.04 bits per heavy atom. The van der Waals surface area contributed by atoms with Gasteiger partial charge in [0.25, 0.3) is 0 Å². The van der Waals surface area contributed by atoms with E-state index in [9.17, 15) is 4.79 Å². The average molecular weight is 373 g/mol. The molecule has 0 aromatic carbocycles. The van der Waals surface area contributed by atoms with E-state index in [4.69, 9.17) is 4.74 Å². The smallest absolute Gasteiger partial charge is 0.226 e. The van der Waals surface area contributed by atoms with Crippen LogP contribution in [-0.4, -0.2) is 52.7 Å². The van der Waals surface area contributed by atoms with Crippen molar-refractivity contribution in [2.24, 2.45) is 16.7 Å². The Morgan fingerprint density at radius 3 is 2.78 bits per heavy atom. The molecule has 3 heterocycles. The molecule has 2 aliphatic carbocycles. The van der Waals surface area contributed by atoms with Gasteiger partial charge in [-0.1, -0.05) is 0 Å². The van der Waals surface area contributed by atoms with Gasteiger partial charge in [0.05, 0.1) is 6.54 Å². The number of aromatic nitrogens is 2. The lowest BCUT2D eigenvalue weighted by molar-refractivity contribution is -0.136. The average Bonchev–Trinajstić information content (AvgIpc) is 3.51. The van der Waals surface area contributed by atoms with Crippen molar-refractivity contribution in [3.05, 3.63) is 18.2 Å². The first-order valence-corrected chi connectivity index (χ1v) is 10.8. The number of imidazole rings is 1. The Morgan fingerprint density at radius 1 is 1.26 bits per heavy atom. The van der Waals surface area contributed by atoms with Gasteiger partial charge in [-0.05, 0) is 69.4 Å². The fraction of sp³-hybridized carbons (Fsp3) is 0.810. The number of aryl methyl sites for hydroxylation is 1. The second kappa shape index (κ2) is 6.59. The fourth-order valence-electron chi connectivity index (χ4n) is 5.73. The van der Waals surface area contributed by atoms with Gasteiger partial charge in [-0.15, -0.1) is 0 Å². The van der Waals surface area contributed by atoms with Gasteiger partial charge < -0.3 is 19.5 Å². The highest BCUT2D eigenvalue weighted by Crippen LogP contribution is 2.62. The summed E-state index contributed by atoms with van der Waals surface area (Å²) in [5.41, 5.74) is 0.603. The third kappa shape index (κ3) is 3.01. The minimum absolute atomic E-state index is 0.214. The maximum atomic E-state index is 13.6. The van der Waals surface area contributed by atoms with Crippen LogP contribution in [0.3, 0.4) is 0 Å². The van der Waals surface area contributed by atoms with Crippen LogP contribution in [0.25, 0.3) is 0 Å².